The molecule has 0 unspecified atom stereocenters. The van der Waals surface area contributed by atoms with Crippen LogP contribution in [0.25, 0.3) is 67.1 Å². The molecular formula is C52H56N18O3. The van der Waals surface area contributed by atoms with E-state index in [-0.39, 0.29) is 13.5 Å². The second-order valence-electron chi connectivity index (χ2n) is 17.0. The number of nitrogens with zero attached hydrogens (tertiary/aromatic N) is 10. The standard InChI is InChI=1S/C26H25N9O2.C16H17N5O.C9H10N4.CH4/c1-16-12-18(6-7-27-16)22-14-23(34-33-22)32-26(36)30-19-4-2-17(3-5-19)21-13-20-24(31-21)28-15-29-25(20)35-8-10-37-11-9-35;17-12-3-1-11(2-4-12)14-9-13-15(20-14)18-10-19-16(13)21-5-7-22-8-6-21;1-6-4-7(2-3-11-6)8-5-9(10)13-12-8;/h2-7,12-15H,8-11H2,1H3,(H,28,29,31)(H3,30,32,33,34,36);1-4,9-10H,5-8,17H2,(H,18,19,20);2-5H,1H3,(H3,10,12,13);1H4. The number of hydrogen-bond acceptors (Lipinski definition) is 15. The van der Waals surface area contributed by atoms with Crippen molar-refractivity contribution in [3.63, 3.8) is 0 Å². The number of benzene rings is 2. The van der Waals surface area contributed by atoms with Crippen molar-refractivity contribution in [2.24, 2.45) is 0 Å². The van der Waals surface area contributed by atoms with Gasteiger partial charge in [-0.3, -0.25) is 25.5 Å². The van der Waals surface area contributed by atoms with Crippen LogP contribution in [0.15, 0.2) is 122 Å². The van der Waals surface area contributed by atoms with E-state index in [2.05, 4.69) is 92.8 Å². The van der Waals surface area contributed by atoms with Gasteiger partial charge in [-0.15, -0.1) is 0 Å². The third-order valence-corrected chi connectivity index (χ3v) is 11.9. The van der Waals surface area contributed by atoms with E-state index in [4.69, 9.17) is 20.9 Å². The van der Waals surface area contributed by atoms with Crippen LogP contribution in [-0.2, 0) is 9.47 Å². The summed E-state index contributed by atoms with van der Waals surface area (Å²) >= 11 is 0. The lowest BCUT2D eigenvalue weighted by Gasteiger charge is -2.27. The number of pyridine rings is 2. The zero-order chi connectivity index (χ0) is 49.4. The molecule has 2 aliphatic heterocycles. The molecule has 0 aliphatic carbocycles. The topological polar surface area (TPSA) is 284 Å². The van der Waals surface area contributed by atoms with Crippen LogP contribution in [0.5, 0.6) is 0 Å². The molecule has 73 heavy (non-hydrogen) atoms. The summed E-state index contributed by atoms with van der Waals surface area (Å²) < 4.78 is 10.9. The number of nitrogens with two attached hydrogens (primary N) is 2. The lowest BCUT2D eigenvalue weighted by Crippen LogP contribution is -2.36. The summed E-state index contributed by atoms with van der Waals surface area (Å²) in [5, 5.41) is 21.4. The Hall–Kier alpha value is -9.21. The first-order chi connectivity index (χ1) is 35.2. The summed E-state index contributed by atoms with van der Waals surface area (Å²) in [6, 6.07) is 30.5. The maximum atomic E-state index is 12.5. The Kier molecular flexibility index (Phi) is 14.9. The molecule has 8 aromatic heterocycles. The van der Waals surface area contributed by atoms with Gasteiger partial charge in [0.25, 0.3) is 0 Å². The van der Waals surface area contributed by atoms with Crippen molar-refractivity contribution in [2.45, 2.75) is 21.3 Å². The zero-order valence-corrected chi connectivity index (χ0v) is 39.6. The number of rotatable bonds is 8. The van der Waals surface area contributed by atoms with E-state index in [1.165, 1.54) is 0 Å². The maximum Gasteiger partial charge on any atom is 0.324 e. The molecule has 2 saturated heterocycles. The SMILES string of the molecule is C.Cc1cc(-c2cc(N)n[nH]2)ccn1.Cc1cc(-c2cc(NC(=O)Nc3ccc(-c4cc5c(N6CCOCC6)ncnc5[nH]4)cc3)n[nH]2)ccn1.Nc1ccc(-c2cc3c(N4CCOCC4)ncnc3[nH]2)cc1. The summed E-state index contributed by atoms with van der Waals surface area (Å²) in [6.07, 6.45) is 6.69. The molecule has 10 N–H and O–H groups in total. The van der Waals surface area contributed by atoms with Crippen molar-refractivity contribution in [1.29, 1.82) is 0 Å². The Balaban J connectivity index is 0.000000153. The highest BCUT2D eigenvalue weighted by molar-refractivity contribution is 6.00. The summed E-state index contributed by atoms with van der Waals surface area (Å²) in [4.78, 5) is 49.8. The fraction of sp³-hybridized carbons (Fsp3) is 0.212. The molecule has 372 valence electrons. The van der Waals surface area contributed by atoms with Crippen molar-refractivity contribution < 1.29 is 14.3 Å². The number of aromatic amines is 4. The number of urea groups is 1. The molecule has 0 spiro atoms. The molecule has 10 heterocycles. The van der Waals surface area contributed by atoms with Gasteiger partial charge in [0.15, 0.2) is 5.82 Å². The largest absolute Gasteiger partial charge is 0.399 e. The first-order valence-corrected chi connectivity index (χ1v) is 23.3. The average Bonchev–Trinajstić information content (AvgIpc) is 4.25. The Morgan fingerprint density at radius 2 is 1.04 bits per heavy atom. The van der Waals surface area contributed by atoms with Crippen LogP contribution < -0.4 is 31.9 Å². The molecule has 12 rings (SSSR count). The minimum absolute atomic E-state index is 0. The second-order valence-corrected chi connectivity index (χ2v) is 17.0. The van der Waals surface area contributed by atoms with Gasteiger partial charge in [-0.2, -0.15) is 10.2 Å². The zero-order valence-electron chi connectivity index (χ0n) is 39.6. The van der Waals surface area contributed by atoms with E-state index in [0.717, 1.165) is 135 Å². The van der Waals surface area contributed by atoms with Gasteiger partial charge in [0.05, 0.1) is 48.6 Å². The lowest BCUT2D eigenvalue weighted by molar-refractivity contribution is 0.122. The molecule has 0 saturated carbocycles. The van der Waals surface area contributed by atoms with Gasteiger partial charge in [-0.1, -0.05) is 31.7 Å². The Morgan fingerprint density at radius 3 is 1.53 bits per heavy atom. The molecule has 10 aromatic rings. The molecular weight excluding hydrogens is 925 g/mol. The third-order valence-electron chi connectivity index (χ3n) is 11.9. The number of amides is 2. The summed E-state index contributed by atoms with van der Waals surface area (Å²) in [5.74, 6) is 2.80. The van der Waals surface area contributed by atoms with Crippen molar-refractivity contribution in [2.75, 3.05) is 84.5 Å². The van der Waals surface area contributed by atoms with Gasteiger partial charge < -0.3 is 46.0 Å². The third kappa shape index (κ3) is 11.7. The van der Waals surface area contributed by atoms with Crippen molar-refractivity contribution in [1.82, 2.24) is 60.3 Å². The smallest absolute Gasteiger partial charge is 0.324 e. The minimum Gasteiger partial charge on any atom is -0.399 e. The number of anilines is 6. The molecule has 2 aromatic carbocycles. The van der Waals surface area contributed by atoms with E-state index in [0.29, 0.717) is 30.5 Å². The highest BCUT2D eigenvalue weighted by Gasteiger charge is 2.19. The fourth-order valence-corrected chi connectivity index (χ4v) is 8.34. The number of fused-ring (bicyclic) bond motifs is 2. The minimum atomic E-state index is -0.382. The van der Waals surface area contributed by atoms with E-state index in [1.807, 2.05) is 86.6 Å². The fourth-order valence-electron chi connectivity index (χ4n) is 8.34. The highest BCUT2D eigenvalue weighted by atomic mass is 16.5. The van der Waals surface area contributed by atoms with Gasteiger partial charge >= 0.3 is 6.03 Å². The molecule has 0 radical (unpaired) electrons. The van der Waals surface area contributed by atoms with Crippen LogP contribution in [0.4, 0.5) is 39.4 Å². The Morgan fingerprint density at radius 1 is 0.548 bits per heavy atom. The number of carbonyl (C=O) groups is 1. The average molecular weight is 981 g/mol. The predicted octanol–water partition coefficient (Wildman–Crippen LogP) is 8.24. The number of nitrogen functional groups attached to an aromatic ring is 2. The first-order valence-electron chi connectivity index (χ1n) is 23.3. The van der Waals surface area contributed by atoms with Crippen LogP contribution in [-0.4, -0.2) is 119 Å². The van der Waals surface area contributed by atoms with Gasteiger partial charge in [0.2, 0.25) is 0 Å². The number of nitrogens with one attached hydrogen (secondary N) is 6. The monoisotopic (exact) mass is 980 g/mol. The molecule has 21 nitrogen and oxygen atoms in total. The lowest BCUT2D eigenvalue weighted by atomic mass is 10.1. The van der Waals surface area contributed by atoms with Gasteiger partial charge in [0, 0.05) is 96.0 Å². The number of aromatic nitrogens is 12. The Bertz CT molecular complexity index is 3430. The van der Waals surface area contributed by atoms with Crippen molar-refractivity contribution in [3.8, 4) is 45.0 Å². The number of morpholine rings is 2. The highest BCUT2D eigenvalue weighted by Crippen LogP contribution is 2.31. The molecule has 0 bridgehead atoms. The van der Waals surface area contributed by atoms with Crippen LogP contribution in [0, 0.1) is 13.8 Å². The van der Waals surface area contributed by atoms with E-state index in [1.54, 1.807) is 37.2 Å². The van der Waals surface area contributed by atoms with Crippen LogP contribution in [0.1, 0.15) is 18.8 Å². The second kappa shape index (κ2) is 22.3. The van der Waals surface area contributed by atoms with E-state index in [9.17, 15) is 4.79 Å². The molecule has 21 heteroatoms. The summed E-state index contributed by atoms with van der Waals surface area (Å²) in [6.45, 7) is 10.0. The number of ether oxygens (including phenoxy) is 2. The van der Waals surface area contributed by atoms with Crippen LogP contribution in [0.2, 0.25) is 0 Å². The van der Waals surface area contributed by atoms with E-state index >= 15 is 0 Å². The van der Waals surface area contributed by atoms with Crippen LogP contribution in [0.3, 0.4) is 0 Å². The van der Waals surface area contributed by atoms with Gasteiger partial charge in [-0.05, 0) is 85.6 Å². The number of H-pyrrole nitrogens is 4. The van der Waals surface area contributed by atoms with Crippen LogP contribution >= 0.6 is 0 Å². The predicted molar refractivity (Wildman–Crippen MR) is 286 cm³/mol. The molecule has 2 aliphatic rings. The van der Waals surface area contributed by atoms with Gasteiger partial charge in [-0.25, -0.2) is 24.7 Å². The van der Waals surface area contributed by atoms with Crippen molar-refractivity contribution in [3.05, 3.63) is 133 Å². The molecule has 2 amide bonds. The number of carbonyl (C=O) groups excluding carboxylic acids is 1. The summed E-state index contributed by atoms with van der Waals surface area (Å²) in [7, 11) is 0. The normalized spacial score (nSPS) is 13.3. The van der Waals surface area contributed by atoms with Crippen molar-refractivity contribution >= 4 is 62.7 Å². The number of hydrogen-bond donors (Lipinski definition) is 8. The molecule has 0 atom stereocenters. The first kappa shape index (κ1) is 48.8. The quantitative estimate of drug-likeness (QED) is 0.0665. The van der Waals surface area contributed by atoms with Gasteiger partial charge in [0.1, 0.15) is 41.4 Å². The van der Waals surface area contributed by atoms with E-state index < -0.39 is 0 Å². The Labute approximate surface area is 420 Å². The number of aryl methyl sites for hydroxylation is 2. The maximum absolute atomic E-state index is 12.5. The summed E-state index contributed by atoms with van der Waals surface area (Å²) in [5.41, 5.74) is 23.9. The molecule has 2 fully saturated rings.